The minimum atomic E-state index is 0.00931. The molecule has 1 N–H and O–H groups in total. The zero-order chi connectivity index (χ0) is 11.5. The van der Waals surface area contributed by atoms with Crippen LogP contribution in [0.1, 0.15) is 11.8 Å². The number of aromatic nitrogens is 4. The van der Waals surface area contributed by atoms with Gasteiger partial charge < -0.3 is 9.64 Å². The summed E-state index contributed by atoms with van der Waals surface area (Å²) >= 11 is 0. The zero-order valence-electron chi connectivity index (χ0n) is 9.28. The first-order chi connectivity index (χ1) is 8.43. The van der Waals surface area contributed by atoms with Gasteiger partial charge in [-0.3, -0.25) is 5.10 Å². The quantitative estimate of drug-likeness (QED) is 0.827. The van der Waals surface area contributed by atoms with Crippen molar-refractivity contribution in [2.75, 3.05) is 24.6 Å². The highest BCUT2D eigenvalue weighted by Crippen LogP contribution is 2.22. The van der Waals surface area contributed by atoms with Crippen molar-refractivity contribution in [3.05, 3.63) is 36.4 Å². The minimum absolute atomic E-state index is 0.00931. The second kappa shape index (κ2) is 4.50. The Morgan fingerprint density at radius 1 is 1.29 bits per heavy atom. The molecule has 1 aliphatic rings. The van der Waals surface area contributed by atoms with Crippen LogP contribution in [-0.2, 0) is 4.74 Å². The fraction of sp³-hybridized carbons (Fsp3) is 0.364. The largest absolute Gasteiger partial charge is 0.368 e. The lowest BCUT2D eigenvalue weighted by molar-refractivity contribution is 0.0364. The third-order valence-corrected chi connectivity index (χ3v) is 2.77. The van der Waals surface area contributed by atoms with Gasteiger partial charge in [0.2, 0.25) is 5.95 Å². The third kappa shape index (κ3) is 2.12. The Kier molecular flexibility index (Phi) is 2.71. The Hall–Kier alpha value is -1.95. The number of nitrogens with one attached hydrogen (secondary N) is 1. The van der Waals surface area contributed by atoms with Crippen LogP contribution in [0, 0.1) is 0 Å². The van der Waals surface area contributed by atoms with Crippen LogP contribution < -0.4 is 4.90 Å². The lowest BCUT2D eigenvalue weighted by atomic mass is 10.2. The summed E-state index contributed by atoms with van der Waals surface area (Å²) in [4.78, 5) is 10.6. The van der Waals surface area contributed by atoms with Crippen LogP contribution in [0.4, 0.5) is 5.95 Å². The van der Waals surface area contributed by atoms with E-state index < -0.39 is 0 Å². The molecule has 0 amide bonds. The molecule has 0 aliphatic carbocycles. The third-order valence-electron chi connectivity index (χ3n) is 2.77. The number of hydrogen-bond acceptors (Lipinski definition) is 5. The molecular formula is C11H13N5O. The molecule has 1 aliphatic heterocycles. The van der Waals surface area contributed by atoms with Crippen LogP contribution in [0.5, 0.6) is 0 Å². The van der Waals surface area contributed by atoms with Crippen molar-refractivity contribution >= 4 is 5.95 Å². The van der Waals surface area contributed by atoms with Crippen molar-refractivity contribution in [1.82, 2.24) is 20.2 Å². The van der Waals surface area contributed by atoms with Crippen molar-refractivity contribution in [1.29, 1.82) is 0 Å². The zero-order valence-corrected chi connectivity index (χ0v) is 9.28. The molecule has 6 nitrogen and oxygen atoms in total. The van der Waals surface area contributed by atoms with E-state index in [1.807, 2.05) is 12.1 Å². The molecule has 1 fully saturated rings. The maximum absolute atomic E-state index is 5.71. The van der Waals surface area contributed by atoms with Gasteiger partial charge >= 0.3 is 0 Å². The van der Waals surface area contributed by atoms with Gasteiger partial charge in [0.05, 0.1) is 18.8 Å². The molecule has 0 unspecified atom stereocenters. The van der Waals surface area contributed by atoms with Crippen LogP contribution in [0.15, 0.2) is 30.7 Å². The number of aromatic amines is 1. The Balaban J connectivity index is 1.76. The number of anilines is 1. The van der Waals surface area contributed by atoms with Crippen LogP contribution in [0.3, 0.4) is 0 Å². The average Bonchev–Trinajstić information content (AvgIpc) is 2.94. The van der Waals surface area contributed by atoms with Crippen molar-refractivity contribution in [2.45, 2.75) is 6.10 Å². The van der Waals surface area contributed by atoms with Gasteiger partial charge in [-0.05, 0) is 12.1 Å². The van der Waals surface area contributed by atoms with Crippen molar-refractivity contribution in [2.24, 2.45) is 0 Å². The first kappa shape index (κ1) is 10.2. The average molecular weight is 231 g/mol. The summed E-state index contributed by atoms with van der Waals surface area (Å²) in [6.45, 7) is 2.22. The molecule has 0 radical (unpaired) electrons. The van der Waals surface area contributed by atoms with E-state index in [1.165, 1.54) is 0 Å². The van der Waals surface area contributed by atoms with Crippen molar-refractivity contribution < 1.29 is 4.74 Å². The molecule has 88 valence electrons. The number of nitrogens with zero attached hydrogens (tertiary/aromatic N) is 4. The molecular weight excluding hydrogens is 218 g/mol. The summed E-state index contributed by atoms with van der Waals surface area (Å²) in [5.41, 5.74) is 0.991. The standard InChI is InChI=1S/C11H13N5O/c1-3-12-11(13-4-1)16-6-7-17-10(8-16)9-2-5-14-15-9/h1-5,10H,6-8H2,(H,14,15)/t10-/m0/s1. The van der Waals surface area contributed by atoms with Gasteiger partial charge in [-0.2, -0.15) is 5.10 Å². The van der Waals surface area contributed by atoms with E-state index in [-0.39, 0.29) is 6.10 Å². The smallest absolute Gasteiger partial charge is 0.225 e. The highest BCUT2D eigenvalue weighted by Gasteiger charge is 2.24. The fourth-order valence-electron chi connectivity index (χ4n) is 1.92. The van der Waals surface area contributed by atoms with E-state index in [4.69, 9.17) is 4.74 Å². The molecule has 2 aromatic heterocycles. The topological polar surface area (TPSA) is 66.9 Å². The predicted molar refractivity (Wildman–Crippen MR) is 61.5 cm³/mol. The Bertz CT molecular complexity index is 458. The molecule has 0 saturated carbocycles. The van der Waals surface area contributed by atoms with E-state index >= 15 is 0 Å². The van der Waals surface area contributed by atoms with Gasteiger partial charge in [0.15, 0.2) is 0 Å². The van der Waals surface area contributed by atoms with E-state index in [2.05, 4.69) is 25.1 Å². The molecule has 3 heterocycles. The summed E-state index contributed by atoms with van der Waals surface area (Å²) in [7, 11) is 0. The lowest BCUT2D eigenvalue weighted by Gasteiger charge is -2.32. The molecule has 6 heteroatoms. The van der Waals surface area contributed by atoms with Crippen LogP contribution in [0.25, 0.3) is 0 Å². The molecule has 17 heavy (non-hydrogen) atoms. The Morgan fingerprint density at radius 3 is 2.94 bits per heavy atom. The Labute approximate surface area is 98.7 Å². The molecule has 0 bridgehead atoms. The predicted octanol–water partition coefficient (Wildman–Crippen LogP) is 0.778. The summed E-state index contributed by atoms with van der Waals surface area (Å²) in [5.74, 6) is 0.750. The number of ether oxygens (including phenoxy) is 1. The molecule has 0 spiro atoms. The van der Waals surface area contributed by atoms with E-state index in [1.54, 1.807) is 18.6 Å². The second-order valence-electron chi connectivity index (χ2n) is 3.87. The SMILES string of the molecule is c1cnc(N2CCO[C@H](c3ccn[nH]3)C2)nc1. The highest BCUT2D eigenvalue weighted by atomic mass is 16.5. The van der Waals surface area contributed by atoms with Gasteiger partial charge in [0, 0.05) is 25.1 Å². The molecule has 2 aromatic rings. The van der Waals surface area contributed by atoms with Crippen LogP contribution in [-0.4, -0.2) is 39.9 Å². The van der Waals surface area contributed by atoms with Crippen LogP contribution in [0.2, 0.25) is 0 Å². The molecule has 3 rings (SSSR count). The fourth-order valence-corrected chi connectivity index (χ4v) is 1.92. The van der Waals surface area contributed by atoms with Gasteiger partial charge in [0.1, 0.15) is 6.10 Å². The monoisotopic (exact) mass is 231 g/mol. The summed E-state index contributed by atoms with van der Waals surface area (Å²) < 4.78 is 5.71. The first-order valence-corrected chi connectivity index (χ1v) is 5.56. The number of hydrogen-bond donors (Lipinski definition) is 1. The van der Waals surface area contributed by atoms with Gasteiger partial charge in [-0.15, -0.1) is 0 Å². The molecule has 1 saturated heterocycles. The highest BCUT2D eigenvalue weighted by molar-refractivity contribution is 5.30. The van der Waals surface area contributed by atoms with Gasteiger partial charge in [-0.25, -0.2) is 9.97 Å². The molecule has 0 aromatic carbocycles. The number of morpholine rings is 1. The lowest BCUT2D eigenvalue weighted by Crippen LogP contribution is -2.39. The van der Waals surface area contributed by atoms with E-state index in [0.717, 1.165) is 24.7 Å². The maximum atomic E-state index is 5.71. The number of H-pyrrole nitrogens is 1. The minimum Gasteiger partial charge on any atom is -0.368 e. The summed E-state index contributed by atoms with van der Waals surface area (Å²) in [5, 5.41) is 6.88. The summed E-state index contributed by atoms with van der Waals surface area (Å²) in [6, 6.07) is 3.75. The second-order valence-corrected chi connectivity index (χ2v) is 3.87. The van der Waals surface area contributed by atoms with E-state index in [0.29, 0.717) is 6.61 Å². The molecule has 1 atom stereocenters. The normalized spacial score (nSPS) is 20.5. The van der Waals surface area contributed by atoms with Crippen LogP contribution >= 0.6 is 0 Å². The Morgan fingerprint density at radius 2 is 2.18 bits per heavy atom. The van der Waals surface area contributed by atoms with Gasteiger partial charge in [-0.1, -0.05) is 0 Å². The summed E-state index contributed by atoms with van der Waals surface area (Å²) in [6.07, 6.45) is 5.25. The van der Waals surface area contributed by atoms with Gasteiger partial charge in [0.25, 0.3) is 0 Å². The van der Waals surface area contributed by atoms with E-state index in [9.17, 15) is 0 Å². The van der Waals surface area contributed by atoms with Crippen molar-refractivity contribution in [3.8, 4) is 0 Å². The maximum Gasteiger partial charge on any atom is 0.225 e. The van der Waals surface area contributed by atoms with Crippen molar-refractivity contribution in [3.63, 3.8) is 0 Å². The number of rotatable bonds is 2. The first-order valence-electron chi connectivity index (χ1n) is 5.56.